The molecular weight excluding hydrogens is 264 g/mol. The summed E-state index contributed by atoms with van der Waals surface area (Å²) in [5, 5.41) is 0. The zero-order valence-electron chi connectivity index (χ0n) is 12.6. The minimum absolute atomic E-state index is 0.0699. The third-order valence-corrected chi connectivity index (χ3v) is 3.88. The van der Waals surface area contributed by atoms with Crippen LogP contribution in [-0.4, -0.2) is 37.6 Å². The van der Waals surface area contributed by atoms with E-state index in [1.165, 1.54) is 5.57 Å². The van der Waals surface area contributed by atoms with Crippen molar-refractivity contribution in [3.63, 3.8) is 0 Å². The highest BCUT2D eigenvalue weighted by atomic mass is 16.5. The van der Waals surface area contributed by atoms with Gasteiger partial charge in [0.05, 0.1) is 6.61 Å². The van der Waals surface area contributed by atoms with E-state index in [0.717, 1.165) is 18.5 Å². The first-order valence-electron chi connectivity index (χ1n) is 7.46. The zero-order valence-corrected chi connectivity index (χ0v) is 12.6. The second kappa shape index (κ2) is 7.96. The van der Waals surface area contributed by atoms with Gasteiger partial charge in [0.25, 0.3) is 0 Å². The first-order valence-corrected chi connectivity index (χ1v) is 7.46. The Morgan fingerprint density at radius 3 is 2.76 bits per heavy atom. The maximum atomic E-state index is 12.2. The van der Waals surface area contributed by atoms with Crippen molar-refractivity contribution in [2.45, 2.75) is 25.3 Å². The van der Waals surface area contributed by atoms with Gasteiger partial charge in [-0.25, -0.2) is 0 Å². The fourth-order valence-corrected chi connectivity index (χ4v) is 2.56. The molecule has 0 saturated carbocycles. The maximum absolute atomic E-state index is 12.2. The van der Waals surface area contributed by atoms with Gasteiger partial charge in [0.2, 0.25) is 5.91 Å². The summed E-state index contributed by atoms with van der Waals surface area (Å²) in [6, 6.07) is 9.87. The maximum Gasteiger partial charge on any atom is 0.222 e. The van der Waals surface area contributed by atoms with Crippen molar-refractivity contribution in [1.29, 1.82) is 0 Å². The van der Waals surface area contributed by atoms with Gasteiger partial charge in [-0.1, -0.05) is 36.4 Å². The summed E-state index contributed by atoms with van der Waals surface area (Å²) in [4.78, 5) is 14.1. The molecule has 4 heteroatoms. The normalized spacial score (nSPS) is 16.5. The Kier molecular flexibility index (Phi) is 5.96. The first kappa shape index (κ1) is 15.7. The SMILES string of the molecule is COCC1=CCN(C(=O)CCC(N)c2ccccc2)CC1. The fourth-order valence-electron chi connectivity index (χ4n) is 2.56. The molecule has 4 nitrogen and oxygen atoms in total. The van der Waals surface area contributed by atoms with Crippen LogP contribution in [0.1, 0.15) is 30.9 Å². The van der Waals surface area contributed by atoms with Crippen LogP contribution < -0.4 is 5.73 Å². The first-order chi connectivity index (χ1) is 10.2. The van der Waals surface area contributed by atoms with Crippen LogP contribution in [-0.2, 0) is 9.53 Å². The molecule has 1 amide bonds. The van der Waals surface area contributed by atoms with E-state index < -0.39 is 0 Å². The van der Waals surface area contributed by atoms with Gasteiger partial charge in [-0.05, 0) is 24.0 Å². The Morgan fingerprint density at radius 2 is 2.14 bits per heavy atom. The van der Waals surface area contributed by atoms with Crippen LogP contribution in [0, 0.1) is 0 Å². The Morgan fingerprint density at radius 1 is 1.38 bits per heavy atom. The molecule has 2 N–H and O–H groups in total. The summed E-state index contributed by atoms with van der Waals surface area (Å²) in [6.45, 7) is 2.15. The van der Waals surface area contributed by atoms with Crippen molar-refractivity contribution in [2.75, 3.05) is 26.8 Å². The zero-order chi connectivity index (χ0) is 15.1. The average Bonchev–Trinajstić information content (AvgIpc) is 2.54. The van der Waals surface area contributed by atoms with Gasteiger partial charge < -0.3 is 15.4 Å². The molecule has 1 unspecified atom stereocenters. The lowest BCUT2D eigenvalue weighted by molar-refractivity contribution is -0.131. The molecule has 1 aliphatic heterocycles. The predicted octanol–water partition coefficient (Wildman–Crippen LogP) is 2.27. The van der Waals surface area contributed by atoms with Gasteiger partial charge in [-0.2, -0.15) is 0 Å². The van der Waals surface area contributed by atoms with Crippen molar-refractivity contribution in [1.82, 2.24) is 4.90 Å². The Hall–Kier alpha value is -1.65. The average molecular weight is 288 g/mol. The molecule has 0 spiro atoms. The van der Waals surface area contributed by atoms with E-state index in [2.05, 4.69) is 6.08 Å². The number of nitrogens with zero attached hydrogens (tertiary/aromatic N) is 1. The summed E-state index contributed by atoms with van der Waals surface area (Å²) in [5.74, 6) is 0.189. The molecule has 0 aliphatic carbocycles. The van der Waals surface area contributed by atoms with Crippen LogP contribution >= 0.6 is 0 Å². The van der Waals surface area contributed by atoms with E-state index in [-0.39, 0.29) is 11.9 Å². The smallest absolute Gasteiger partial charge is 0.222 e. The Balaban J connectivity index is 1.78. The van der Waals surface area contributed by atoms with E-state index in [0.29, 0.717) is 26.0 Å². The minimum atomic E-state index is -0.0699. The van der Waals surface area contributed by atoms with Gasteiger partial charge in [-0.15, -0.1) is 0 Å². The highest BCUT2D eigenvalue weighted by Crippen LogP contribution is 2.17. The molecule has 1 atom stereocenters. The molecule has 1 aromatic rings. The molecule has 0 bridgehead atoms. The number of hydrogen-bond acceptors (Lipinski definition) is 3. The van der Waals surface area contributed by atoms with Crippen molar-refractivity contribution in [3.05, 3.63) is 47.5 Å². The number of rotatable bonds is 6. The molecule has 21 heavy (non-hydrogen) atoms. The largest absolute Gasteiger partial charge is 0.380 e. The number of carbonyl (C=O) groups excluding carboxylic acids is 1. The third-order valence-electron chi connectivity index (χ3n) is 3.88. The van der Waals surface area contributed by atoms with Crippen molar-refractivity contribution < 1.29 is 9.53 Å². The summed E-state index contributed by atoms with van der Waals surface area (Å²) in [6.07, 6.45) is 4.20. The van der Waals surface area contributed by atoms with Crippen LogP contribution in [0.2, 0.25) is 0 Å². The standard InChI is InChI=1S/C17H24N2O2/c1-21-13-14-9-11-19(12-10-14)17(20)8-7-16(18)15-5-3-2-4-6-15/h2-6,9,16H,7-8,10-13,18H2,1H3. The molecule has 1 heterocycles. The molecular formula is C17H24N2O2. The highest BCUT2D eigenvalue weighted by Gasteiger charge is 2.18. The Labute approximate surface area is 126 Å². The second-order valence-electron chi connectivity index (χ2n) is 5.44. The lowest BCUT2D eigenvalue weighted by atomic mass is 10.0. The van der Waals surface area contributed by atoms with Crippen molar-refractivity contribution >= 4 is 5.91 Å². The van der Waals surface area contributed by atoms with Crippen LogP contribution in [0.5, 0.6) is 0 Å². The van der Waals surface area contributed by atoms with E-state index in [1.54, 1.807) is 7.11 Å². The highest BCUT2D eigenvalue weighted by molar-refractivity contribution is 5.76. The van der Waals surface area contributed by atoms with E-state index in [4.69, 9.17) is 10.5 Å². The predicted molar refractivity (Wildman–Crippen MR) is 83.8 cm³/mol. The van der Waals surface area contributed by atoms with Gasteiger partial charge in [-0.3, -0.25) is 4.79 Å². The number of benzene rings is 1. The number of methoxy groups -OCH3 is 1. The minimum Gasteiger partial charge on any atom is -0.380 e. The van der Waals surface area contributed by atoms with Gasteiger partial charge in [0.1, 0.15) is 0 Å². The molecule has 0 radical (unpaired) electrons. The third kappa shape index (κ3) is 4.69. The molecule has 2 rings (SSSR count). The van der Waals surface area contributed by atoms with Crippen molar-refractivity contribution in [3.8, 4) is 0 Å². The molecule has 114 valence electrons. The van der Waals surface area contributed by atoms with Gasteiger partial charge in [0, 0.05) is 32.7 Å². The van der Waals surface area contributed by atoms with E-state index in [9.17, 15) is 4.79 Å². The number of ether oxygens (including phenoxy) is 1. The summed E-state index contributed by atoms with van der Waals surface area (Å²) in [5.41, 5.74) is 8.50. The lowest BCUT2D eigenvalue weighted by Gasteiger charge is -2.27. The molecule has 0 saturated heterocycles. The van der Waals surface area contributed by atoms with Crippen LogP contribution in [0.4, 0.5) is 0 Å². The summed E-state index contributed by atoms with van der Waals surface area (Å²) < 4.78 is 5.12. The topological polar surface area (TPSA) is 55.6 Å². The number of hydrogen-bond donors (Lipinski definition) is 1. The molecule has 0 aromatic heterocycles. The van der Waals surface area contributed by atoms with Crippen LogP contribution in [0.3, 0.4) is 0 Å². The second-order valence-corrected chi connectivity index (χ2v) is 5.44. The Bertz CT molecular complexity index is 485. The van der Waals surface area contributed by atoms with Gasteiger partial charge in [0.15, 0.2) is 0 Å². The lowest BCUT2D eigenvalue weighted by Crippen LogP contribution is -2.35. The van der Waals surface area contributed by atoms with Gasteiger partial charge >= 0.3 is 0 Å². The van der Waals surface area contributed by atoms with E-state index in [1.807, 2.05) is 35.2 Å². The monoisotopic (exact) mass is 288 g/mol. The van der Waals surface area contributed by atoms with Crippen LogP contribution in [0.25, 0.3) is 0 Å². The molecule has 1 aromatic carbocycles. The quantitative estimate of drug-likeness (QED) is 0.817. The summed E-state index contributed by atoms with van der Waals surface area (Å²) in [7, 11) is 1.70. The van der Waals surface area contributed by atoms with Crippen LogP contribution in [0.15, 0.2) is 42.0 Å². The fraction of sp³-hybridized carbons (Fsp3) is 0.471. The molecule has 1 aliphatic rings. The summed E-state index contributed by atoms with van der Waals surface area (Å²) >= 11 is 0. The van der Waals surface area contributed by atoms with E-state index >= 15 is 0 Å². The number of amides is 1. The number of nitrogens with two attached hydrogens (primary N) is 1. The molecule has 0 fully saturated rings. The number of carbonyl (C=O) groups is 1. The van der Waals surface area contributed by atoms with Crippen molar-refractivity contribution in [2.24, 2.45) is 5.73 Å².